The molecule has 2 saturated heterocycles. The van der Waals surface area contributed by atoms with E-state index in [0.717, 1.165) is 48.6 Å². The molecule has 0 bridgehead atoms. The van der Waals surface area contributed by atoms with Crippen LogP contribution in [0.1, 0.15) is 23.3 Å². The first-order chi connectivity index (χ1) is 12.8. The number of rotatable bonds is 4. The number of fused-ring (bicyclic) bond motifs is 1. The number of hydrazine groups is 1. The van der Waals surface area contributed by atoms with Crippen molar-refractivity contribution in [1.29, 1.82) is 0 Å². The number of hydrogen-bond acceptors (Lipinski definition) is 4. The van der Waals surface area contributed by atoms with E-state index in [9.17, 15) is 4.39 Å². The smallest absolute Gasteiger partial charge is 0.123 e. The molecule has 0 saturated carbocycles. The van der Waals surface area contributed by atoms with Crippen molar-refractivity contribution in [2.45, 2.75) is 12.0 Å². The number of para-hydroxylation sites is 2. The molecular formula is C20H22FN5. The second kappa shape index (κ2) is 6.46. The normalized spacial score (nSPS) is 24.2. The number of hydrogen-bond donors (Lipinski definition) is 3. The number of benzene rings is 2. The lowest BCUT2D eigenvalue weighted by Crippen LogP contribution is -2.48. The predicted octanol–water partition coefficient (Wildman–Crippen LogP) is 2.57. The maximum absolute atomic E-state index is 13.2. The largest absolute Gasteiger partial charge is 0.342 e. The van der Waals surface area contributed by atoms with Crippen LogP contribution in [-0.2, 0) is 0 Å². The molecule has 134 valence electrons. The van der Waals surface area contributed by atoms with Gasteiger partial charge in [-0.1, -0.05) is 24.3 Å². The van der Waals surface area contributed by atoms with E-state index in [4.69, 9.17) is 4.98 Å². The summed E-state index contributed by atoms with van der Waals surface area (Å²) in [5, 5.41) is 0. The molecule has 3 aromatic rings. The number of halogens is 1. The third-order valence-electron chi connectivity index (χ3n) is 5.57. The summed E-state index contributed by atoms with van der Waals surface area (Å²) in [6, 6.07) is 15.2. The van der Waals surface area contributed by atoms with Crippen LogP contribution in [0.25, 0.3) is 11.0 Å². The molecule has 2 unspecified atom stereocenters. The van der Waals surface area contributed by atoms with Gasteiger partial charge in [0.15, 0.2) is 0 Å². The summed E-state index contributed by atoms with van der Waals surface area (Å²) in [5.41, 5.74) is 9.89. The molecule has 26 heavy (non-hydrogen) atoms. The van der Waals surface area contributed by atoms with E-state index in [0.29, 0.717) is 11.8 Å². The van der Waals surface area contributed by atoms with Gasteiger partial charge in [0.2, 0.25) is 0 Å². The van der Waals surface area contributed by atoms with Crippen LogP contribution in [0.5, 0.6) is 0 Å². The zero-order valence-electron chi connectivity index (χ0n) is 14.5. The quantitative estimate of drug-likeness (QED) is 0.676. The van der Waals surface area contributed by atoms with E-state index < -0.39 is 0 Å². The molecule has 3 N–H and O–H groups in total. The lowest BCUT2D eigenvalue weighted by molar-refractivity contribution is 0.118. The Balaban J connectivity index is 1.22. The molecule has 0 aliphatic carbocycles. The summed E-state index contributed by atoms with van der Waals surface area (Å²) in [6.45, 7) is 4.02. The Labute approximate surface area is 151 Å². The van der Waals surface area contributed by atoms with Gasteiger partial charge < -0.3 is 9.88 Å². The number of imidazole rings is 1. The van der Waals surface area contributed by atoms with Crippen LogP contribution in [0.2, 0.25) is 0 Å². The van der Waals surface area contributed by atoms with Gasteiger partial charge in [-0.2, -0.15) is 0 Å². The Morgan fingerprint density at radius 2 is 1.88 bits per heavy atom. The van der Waals surface area contributed by atoms with Crippen LogP contribution >= 0.6 is 0 Å². The van der Waals surface area contributed by atoms with Gasteiger partial charge in [0.05, 0.1) is 17.1 Å². The van der Waals surface area contributed by atoms with E-state index in [1.54, 1.807) is 0 Å². The van der Waals surface area contributed by atoms with E-state index in [1.807, 2.05) is 24.3 Å². The Kier molecular flexibility index (Phi) is 3.96. The van der Waals surface area contributed by atoms with Crippen molar-refractivity contribution in [3.63, 3.8) is 0 Å². The zero-order chi connectivity index (χ0) is 17.5. The highest BCUT2D eigenvalue weighted by Gasteiger charge is 2.36. The maximum atomic E-state index is 13.2. The van der Waals surface area contributed by atoms with Crippen LogP contribution in [0.15, 0.2) is 48.5 Å². The molecule has 2 atom stereocenters. The van der Waals surface area contributed by atoms with Crippen LogP contribution in [-0.4, -0.2) is 41.0 Å². The maximum Gasteiger partial charge on any atom is 0.123 e. The number of H-pyrrole nitrogens is 1. The highest BCUT2D eigenvalue weighted by molar-refractivity contribution is 5.74. The fourth-order valence-electron chi connectivity index (χ4n) is 4.12. The molecule has 0 amide bonds. The molecular weight excluding hydrogens is 329 g/mol. The molecule has 2 aromatic carbocycles. The first-order valence-corrected chi connectivity index (χ1v) is 9.17. The standard InChI is InChI=1S/C20H22FN5/c21-16-7-5-13(6-8-16)19-14(9-22-25-19)10-26-11-15(12-26)20-23-17-3-1-2-4-18(17)24-20/h1-8,14-15,19,22,25H,9-12H2,(H,23,24). The average molecular weight is 351 g/mol. The SMILES string of the molecule is Fc1ccc(C2NNCC2CN2CC(c3nc4ccccc4[nH]3)C2)cc1. The molecule has 0 spiro atoms. The monoisotopic (exact) mass is 351 g/mol. The van der Waals surface area contributed by atoms with Gasteiger partial charge in [-0.25, -0.2) is 14.8 Å². The van der Waals surface area contributed by atoms with E-state index in [1.165, 1.54) is 12.1 Å². The minimum Gasteiger partial charge on any atom is -0.342 e. The van der Waals surface area contributed by atoms with Gasteiger partial charge in [-0.05, 0) is 29.8 Å². The zero-order valence-corrected chi connectivity index (χ0v) is 14.5. The second-order valence-electron chi connectivity index (χ2n) is 7.37. The summed E-state index contributed by atoms with van der Waals surface area (Å²) < 4.78 is 13.2. The Morgan fingerprint density at radius 1 is 1.08 bits per heavy atom. The van der Waals surface area contributed by atoms with Crippen molar-refractivity contribution in [2.24, 2.45) is 5.92 Å². The number of aromatic amines is 1. The summed E-state index contributed by atoms with van der Waals surface area (Å²) in [7, 11) is 0. The van der Waals surface area contributed by atoms with Crippen molar-refractivity contribution < 1.29 is 4.39 Å². The number of aromatic nitrogens is 2. The fraction of sp³-hybridized carbons (Fsp3) is 0.350. The first kappa shape index (κ1) is 15.9. The molecule has 3 heterocycles. The van der Waals surface area contributed by atoms with E-state index in [-0.39, 0.29) is 11.9 Å². The molecule has 1 aromatic heterocycles. The number of nitrogens with zero attached hydrogens (tertiary/aromatic N) is 2. The average Bonchev–Trinajstić information content (AvgIpc) is 3.24. The minimum absolute atomic E-state index is 0.187. The first-order valence-electron chi connectivity index (χ1n) is 9.17. The summed E-state index contributed by atoms with van der Waals surface area (Å²) >= 11 is 0. The third kappa shape index (κ3) is 2.90. The Bertz CT molecular complexity index is 867. The molecule has 6 heteroatoms. The van der Waals surface area contributed by atoms with Crippen molar-refractivity contribution >= 4 is 11.0 Å². The van der Waals surface area contributed by atoms with Crippen LogP contribution in [0.4, 0.5) is 4.39 Å². The topological polar surface area (TPSA) is 56.0 Å². The highest BCUT2D eigenvalue weighted by Crippen LogP contribution is 2.31. The molecule has 5 rings (SSSR count). The lowest BCUT2D eigenvalue weighted by Gasteiger charge is -2.40. The van der Waals surface area contributed by atoms with Crippen molar-refractivity contribution in [3.05, 3.63) is 65.7 Å². The van der Waals surface area contributed by atoms with Gasteiger partial charge in [-0.3, -0.25) is 5.43 Å². The van der Waals surface area contributed by atoms with E-state index in [2.05, 4.69) is 32.9 Å². The molecule has 2 aliphatic heterocycles. The van der Waals surface area contributed by atoms with Crippen molar-refractivity contribution in [2.75, 3.05) is 26.2 Å². The van der Waals surface area contributed by atoms with Gasteiger partial charge in [-0.15, -0.1) is 0 Å². The minimum atomic E-state index is -0.187. The molecule has 2 aliphatic rings. The van der Waals surface area contributed by atoms with Crippen LogP contribution < -0.4 is 10.9 Å². The van der Waals surface area contributed by atoms with Gasteiger partial charge >= 0.3 is 0 Å². The Morgan fingerprint density at radius 3 is 2.69 bits per heavy atom. The molecule has 5 nitrogen and oxygen atoms in total. The van der Waals surface area contributed by atoms with Crippen molar-refractivity contribution in [3.8, 4) is 0 Å². The fourth-order valence-corrected chi connectivity index (χ4v) is 4.12. The summed E-state index contributed by atoms with van der Waals surface area (Å²) in [5.74, 6) is 1.86. The van der Waals surface area contributed by atoms with Gasteiger partial charge in [0.25, 0.3) is 0 Å². The van der Waals surface area contributed by atoms with Crippen molar-refractivity contribution in [1.82, 2.24) is 25.7 Å². The van der Waals surface area contributed by atoms with E-state index >= 15 is 0 Å². The third-order valence-corrected chi connectivity index (χ3v) is 5.57. The number of nitrogens with one attached hydrogen (secondary N) is 3. The predicted molar refractivity (Wildman–Crippen MR) is 99.0 cm³/mol. The van der Waals surface area contributed by atoms with Crippen LogP contribution in [0, 0.1) is 11.7 Å². The van der Waals surface area contributed by atoms with Gasteiger partial charge in [0.1, 0.15) is 11.6 Å². The lowest BCUT2D eigenvalue weighted by atomic mass is 9.91. The Hall–Kier alpha value is -2.28. The highest BCUT2D eigenvalue weighted by atomic mass is 19.1. The summed E-state index contributed by atoms with van der Waals surface area (Å²) in [6.07, 6.45) is 0. The summed E-state index contributed by atoms with van der Waals surface area (Å²) in [4.78, 5) is 10.7. The molecule has 0 radical (unpaired) electrons. The number of likely N-dealkylation sites (tertiary alicyclic amines) is 1. The second-order valence-corrected chi connectivity index (χ2v) is 7.37. The van der Waals surface area contributed by atoms with Gasteiger partial charge in [0, 0.05) is 38.0 Å². The van der Waals surface area contributed by atoms with Crippen LogP contribution in [0.3, 0.4) is 0 Å². The molecule has 2 fully saturated rings.